The van der Waals surface area contributed by atoms with Gasteiger partial charge in [-0.3, -0.25) is 0 Å². The molecule has 0 atom stereocenters. The highest BCUT2D eigenvalue weighted by atomic mass is 79.9. The summed E-state index contributed by atoms with van der Waals surface area (Å²) in [7, 11) is 0. The van der Waals surface area contributed by atoms with Crippen LogP contribution in [0.2, 0.25) is 0 Å². The van der Waals surface area contributed by atoms with Gasteiger partial charge in [-0.15, -0.1) is 0 Å². The maximum absolute atomic E-state index is 4.49. The van der Waals surface area contributed by atoms with Gasteiger partial charge in [0.25, 0.3) is 0 Å². The summed E-state index contributed by atoms with van der Waals surface area (Å²) in [6, 6.07) is 0. The van der Waals surface area contributed by atoms with Crippen molar-refractivity contribution in [2.75, 3.05) is 0 Å². The number of thiocarbonyl (C=S) groups is 1. The van der Waals surface area contributed by atoms with E-state index in [1.54, 1.807) is 0 Å². The molecule has 0 saturated heterocycles. The first-order valence-electron chi connectivity index (χ1n) is 2.78. The minimum absolute atomic E-state index is 0.0151. The second kappa shape index (κ2) is 3.44. The van der Waals surface area contributed by atoms with E-state index in [0.717, 1.165) is 0 Å². The highest BCUT2D eigenvalue weighted by molar-refractivity contribution is 9.25. The van der Waals surface area contributed by atoms with E-state index in [4.69, 9.17) is 0 Å². The van der Waals surface area contributed by atoms with Crippen molar-refractivity contribution in [1.29, 1.82) is 0 Å². The third kappa shape index (κ3) is 2.79. The van der Waals surface area contributed by atoms with Gasteiger partial charge >= 0.3 is 0 Å². The van der Waals surface area contributed by atoms with Crippen molar-refractivity contribution in [3.63, 3.8) is 0 Å². The van der Waals surface area contributed by atoms with Gasteiger partial charge in [0.05, 0.1) is 5.16 Å². The van der Waals surface area contributed by atoms with E-state index >= 15 is 0 Å². The molecule has 0 rings (SSSR count). The molecule has 0 saturated carbocycles. The number of isothiocyanates is 1. The molecule has 0 aromatic rings. The van der Waals surface area contributed by atoms with Crippen LogP contribution < -0.4 is 0 Å². The average molecular weight is 287 g/mol. The van der Waals surface area contributed by atoms with Crippen molar-refractivity contribution in [2.45, 2.75) is 24.1 Å². The normalized spacial score (nSPS) is 12.5. The molecule has 0 aromatic carbocycles. The lowest BCUT2D eigenvalue weighted by Crippen LogP contribution is -2.27. The quantitative estimate of drug-likeness (QED) is 0.311. The average Bonchev–Trinajstić information content (AvgIpc) is 1.61. The molecule has 0 amide bonds. The number of nitrogens with zero attached hydrogens (tertiary/aromatic N) is 1. The van der Waals surface area contributed by atoms with Crippen molar-refractivity contribution in [3.8, 4) is 0 Å². The minimum atomic E-state index is -0.477. The van der Waals surface area contributed by atoms with Crippen LogP contribution >= 0.6 is 44.1 Å². The fourth-order valence-electron chi connectivity index (χ4n) is 0.225. The molecule has 10 heavy (non-hydrogen) atoms. The van der Waals surface area contributed by atoms with Crippen molar-refractivity contribution in [1.82, 2.24) is 0 Å². The Morgan fingerprint density at radius 3 is 1.80 bits per heavy atom. The molecule has 0 N–H and O–H groups in total. The van der Waals surface area contributed by atoms with Gasteiger partial charge in [0.2, 0.25) is 0 Å². The van der Waals surface area contributed by atoms with Gasteiger partial charge in [0, 0.05) is 5.41 Å². The van der Waals surface area contributed by atoms with Gasteiger partial charge in [-0.25, -0.2) is 4.99 Å². The van der Waals surface area contributed by atoms with Crippen LogP contribution in [0.4, 0.5) is 0 Å². The second-order valence-corrected chi connectivity index (χ2v) is 6.54. The molecule has 4 heteroatoms. The lowest BCUT2D eigenvalue weighted by molar-refractivity contribution is 0.388. The number of hydrogen-bond acceptors (Lipinski definition) is 2. The Kier molecular flexibility index (Phi) is 3.70. The predicted octanol–water partition coefficient (Wildman–Crippen LogP) is 3.58. The Morgan fingerprint density at radius 2 is 1.70 bits per heavy atom. The summed E-state index contributed by atoms with van der Waals surface area (Å²) in [5.41, 5.74) is -0.0151. The minimum Gasteiger partial charge on any atom is -0.202 e. The first kappa shape index (κ1) is 10.8. The van der Waals surface area contributed by atoms with Gasteiger partial charge < -0.3 is 0 Å². The van der Waals surface area contributed by atoms with E-state index in [-0.39, 0.29) is 5.41 Å². The van der Waals surface area contributed by atoms with E-state index in [9.17, 15) is 0 Å². The van der Waals surface area contributed by atoms with Crippen molar-refractivity contribution < 1.29 is 0 Å². The van der Waals surface area contributed by atoms with Crippen LogP contribution in [0.15, 0.2) is 4.99 Å². The number of rotatable bonds is 1. The summed E-state index contributed by atoms with van der Waals surface area (Å²) in [5.74, 6) is 0. The van der Waals surface area contributed by atoms with Crippen LogP contribution in [0.1, 0.15) is 20.8 Å². The third-order valence-electron chi connectivity index (χ3n) is 1.09. The van der Waals surface area contributed by atoms with Gasteiger partial charge in [0.15, 0.2) is 3.36 Å². The molecule has 0 aromatic heterocycles. The maximum Gasteiger partial charge on any atom is 0.184 e. The molecular weight excluding hydrogens is 278 g/mol. The first-order valence-corrected chi connectivity index (χ1v) is 4.77. The summed E-state index contributed by atoms with van der Waals surface area (Å²) >= 11 is 11.3. The zero-order chi connectivity index (χ0) is 8.41. The molecular formula is C6H9Br2NS. The fraction of sp³-hybridized carbons (Fsp3) is 0.833. The van der Waals surface area contributed by atoms with Crippen LogP contribution in [0.3, 0.4) is 0 Å². The lowest BCUT2D eigenvalue weighted by Gasteiger charge is -2.29. The fourth-order valence-corrected chi connectivity index (χ4v) is 0.774. The summed E-state index contributed by atoms with van der Waals surface area (Å²) < 4.78 is -0.477. The number of halogens is 2. The second-order valence-electron chi connectivity index (χ2n) is 2.99. The topological polar surface area (TPSA) is 12.4 Å². The van der Waals surface area contributed by atoms with Crippen LogP contribution in [-0.4, -0.2) is 8.52 Å². The molecule has 0 aliphatic rings. The SMILES string of the molecule is CC(C)(C)C(Br)(Br)N=C=S. The molecule has 0 bridgehead atoms. The Balaban J connectivity index is 4.56. The Bertz CT molecular complexity index is 165. The number of alkyl halides is 2. The summed E-state index contributed by atoms with van der Waals surface area (Å²) in [6.07, 6.45) is 0. The molecule has 1 nitrogen and oxygen atoms in total. The van der Waals surface area contributed by atoms with E-state index in [2.05, 4.69) is 54.2 Å². The molecule has 0 fully saturated rings. The molecule has 0 radical (unpaired) electrons. The largest absolute Gasteiger partial charge is 0.202 e. The highest BCUT2D eigenvalue weighted by Crippen LogP contribution is 2.44. The lowest BCUT2D eigenvalue weighted by atomic mass is 9.97. The maximum atomic E-state index is 4.49. The van der Waals surface area contributed by atoms with Gasteiger partial charge in [-0.2, -0.15) is 0 Å². The zero-order valence-corrected chi connectivity index (χ0v) is 10.1. The standard InChI is InChI=1S/C6H9Br2NS/c1-5(2,3)6(7,8)9-4-10/h1-3H3. The first-order chi connectivity index (χ1) is 4.31. The summed E-state index contributed by atoms with van der Waals surface area (Å²) in [5, 5.41) is 2.33. The summed E-state index contributed by atoms with van der Waals surface area (Å²) in [6.45, 7) is 6.14. The van der Waals surface area contributed by atoms with Crippen LogP contribution in [0.25, 0.3) is 0 Å². The van der Waals surface area contributed by atoms with E-state index in [1.165, 1.54) is 0 Å². The molecule has 0 heterocycles. The highest BCUT2D eigenvalue weighted by Gasteiger charge is 2.36. The monoisotopic (exact) mass is 285 g/mol. The molecule has 58 valence electrons. The molecule has 0 aliphatic heterocycles. The van der Waals surface area contributed by atoms with Crippen LogP contribution in [0.5, 0.6) is 0 Å². The van der Waals surface area contributed by atoms with Crippen molar-refractivity contribution >= 4 is 49.2 Å². The van der Waals surface area contributed by atoms with E-state index in [1.807, 2.05) is 20.8 Å². The van der Waals surface area contributed by atoms with Gasteiger partial charge in [-0.05, 0) is 44.1 Å². The van der Waals surface area contributed by atoms with Crippen LogP contribution in [-0.2, 0) is 0 Å². The zero-order valence-electron chi connectivity index (χ0n) is 6.11. The Hall–Kier alpha value is 0.760. The Labute approximate surface area is 83.6 Å². The van der Waals surface area contributed by atoms with Crippen molar-refractivity contribution in [2.24, 2.45) is 10.4 Å². The Morgan fingerprint density at radius 1 is 1.30 bits per heavy atom. The van der Waals surface area contributed by atoms with Gasteiger partial charge in [0.1, 0.15) is 0 Å². The van der Waals surface area contributed by atoms with Gasteiger partial charge in [-0.1, -0.05) is 20.8 Å². The molecule has 0 unspecified atom stereocenters. The summed E-state index contributed by atoms with van der Waals surface area (Å²) in [4.78, 5) is 3.93. The molecule has 0 aliphatic carbocycles. The molecule has 0 spiro atoms. The van der Waals surface area contributed by atoms with Crippen LogP contribution in [0, 0.1) is 5.41 Å². The smallest absolute Gasteiger partial charge is 0.184 e. The van der Waals surface area contributed by atoms with E-state index in [0.29, 0.717) is 0 Å². The van der Waals surface area contributed by atoms with Crippen molar-refractivity contribution in [3.05, 3.63) is 0 Å². The predicted molar refractivity (Wildman–Crippen MR) is 55.1 cm³/mol. The van der Waals surface area contributed by atoms with E-state index < -0.39 is 3.36 Å². The third-order valence-corrected chi connectivity index (χ3v) is 3.91. The number of aliphatic imine (C=N–C) groups is 1. The number of hydrogen-bond donors (Lipinski definition) is 0.